The fourth-order valence-corrected chi connectivity index (χ4v) is 2.41. The van der Waals surface area contributed by atoms with Crippen LogP contribution in [-0.4, -0.2) is 28.2 Å². The van der Waals surface area contributed by atoms with E-state index in [4.69, 9.17) is 16.3 Å². The molecule has 2 heterocycles. The van der Waals surface area contributed by atoms with Gasteiger partial charge < -0.3 is 4.74 Å². The highest BCUT2D eigenvalue weighted by atomic mass is 79.9. The molecule has 1 atom stereocenters. The highest BCUT2D eigenvalue weighted by Crippen LogP contribution is 2.34. The standard InChI is InChI=1S/C11H8BrClF3N3O2/c1-2-21-11(20)4-3-5(12)18-19(4)10-6(13)7(14)8(15)9(16)17-10/h4H,2-3H2,1H3. The van der Waals surface area contributed by atoms with Crippen molar-refractivity contribution in [2.24, 2.45) is 5.10 Å². The molecule has 5 nitrogen and oxygen atoms in total. The highest BCUT2D eigenvalue weighted by Gasteiger charge is 2.37. The van der Waals surface area contributed by atoms with Gasteiger partial charge in [-0.3, -0.25) is 0 Å². The average Bonchev–Trinajstić information content (AvgIpc) is 2.82. The molecule has 10 heteroatoms. The number of anilines is 1. The molecule has 1 aliphatic heterocycles. The molecule has 114 valence electrons. The Bertz CT molecular complexity index is 629. The zero-order valence-electron chi connectivity index (χ0n) is 10.5. The van der Waals surface area contributed by atoms with E-state index in [0.717, 1.165) is 5.01 Å². The Morgan fingerprint density at radius 3 is 2.76 bits per heavy atom. The molecule has 0 aromatic carbocycles. The predicted octanol–water partition coefficient (Wildman–Crippen LogP) is 3.00. The Labute approximate surface area is 130 Å². The van der Waals surface area contributed by atoms with E-state index < -0.39 is 40.4 Å². The molecule has 21 heavy (non-hydrogen) atoms. The minimum atomic E-state index is -1.79. The van der Waals surface area contributed by atoms with Crippen LogP contribution in [0.1, 0.15) is 13.3 Å². The predicted molar refractivity (Wildman–Crippen MR) is 73.0 cm³/mol. The van der Waals surface area contributed by atoms with Crippen molar-refractivity contribution < 1.29 is 22.7 Å². The number of carbonyl (C=O) groups is 1. The summed E-state index contributed by atoms with van der Waals surface area (Å²) in [6, 6.07) is -0.992. The number of carbonyl (C=O) groups excluding carboxylic acids is 1. The first-order chi connectivity index (χ1) is 9.86. The van der Waals surface area contributed by atoms with Gasteiger partial charge in [0.25, 0.3) is 5.95 Å². The van der Waals surface area contributed by atoms with Gasteiger partial charge in [-0.15, -0.1) is 0 Å². The maximum atomic E-state index is 13.5. The lowest BCUT2D eigenvalue weighted by molar-refractivity contribution is -0.144. The lowest BCUT2D eigenvalue weighted by atomic mass is 10.2. The van der Waals surface area contributed by atoms with Crippen LogP contribution in [-0.2, 0) is 9.53 Å². The van der Waals surface area contributed by atoms with Crippen LogP contribution < -0.4 is 5.01 Å². The van der Waals surface area contributed by atoms with E-state index in [0.29, 0.717) is 4.62 Å². The number of hydrogen-bond donors (Lipinski definition) is 0. The lowest BCUT2D eigenvalue weighted by Gasteiger charge is -2.21. The van der Waals surface area contributed by atoms with Gasteiger partial charge in [0.05, 0.1) is 6.61 Å². The largest absolute Gasteiger partial charge is 0.464 e. The van der Waals surface area contributed by atoms with Crippen molar-refractivity contribution in [2.75, 3.05) is 11.6 Å². The number of pyridine rings is 1. The summed E-state index contributed by atoms with van der Waals surface area (Å²) in [4.78, 5) is 15.1. The molecule has 0 saturated heterocycles. The molecule has 0 saturated carbocycles. The number of nitrogens with zero attached hydrogens (tertiary/aromatic N) is 3. The molecular weight excluding hydrogens is 378 g/mol. The van der Waals surface area contributed by atoms with Crippen LogP contribution in [0.15, 0.2) is 5.10 Å². The number of hydrazone groups is 1. The summed E-state index contributed by atoms with van der Waals surface area (Å²) < 4.78 is 45.0. The van der Waals surface area contributed by atoms with E-state index in [9.17, 15) is 18.0 Å². The second kappa shape index (κ2) is 6.18. The van der Waals surface area contributed by atoms with Gasteiger partial charge in [0.1, 0.15) is 9.64 Å². The van der Waals surface area contributed by atoms with E-state index in [1.54, 1.807) is 6.92 Å². The monoisotopic (exact) mass is 385 g/mol. The Kier molecular flexibility index (Phi) is 4.72. The van der Waals surface area contributed by atoms with E-state index in [1.807, 2.05) is 0 Å². The summed E-state index contributed by atoms with van der Waals surface area (Å²) in [7, 11) is 0. The number of hydrogen-bond acceptors (Lipinski definition) is 5. The van der Waals surface area contributed by atoms with Gasteiger partial charge in [0.15, 0.2) is 17.7 Å². The molecule has 0 fully saturated rings. The first kappa shape index (κ1) is 16.0. The van der Waals surface area contributed by atoms with Crippen molar-refractivity contribution in [1.29, 1.82) is 0 Å². The first-order valence-corrected chi connectivity index (χ1v) is 6.92. The van der Waals surface area contributed by atoms with Gasteiger partial charge in [-0.05, 0) is 22.9 Å². The number of ether oxygens (including phenoxy) is 1. The van der Waals surface area contributed by atoms with Gasteiger partial charge in [0.2, 0.25) is 5.82 Å². The second-order valence-electron chi connectivity index (χ2n) is 3.96. The topological polar surface area (TPSA) is 54.8 Å². The highest BCUT2D eigenvalue weighted by molar-refractivity contribution is 9.18. The quantitative estimate of drug-likeness (QED) is 0.592. The van der Waals surface area contributed by atoms with Crippen molar-refractivity contribution >= 4 is 43.9 Å². The van der Waals surface area contributed by atoms with Gasteiger partial charge in [-0.25, -0.2) is 14.2 Å². The van der Waals surface area contributed by atoms with Crippen LogP contribution in [0.4, 0.5) is 19.0 Å². The molecule has 0 N–H and O–H groups in total. The van der Waals surface area contributed by atoms with Crippen LogP contribution >= 0.6 is 27.5 Å². The number of rotatable bonds is 3. The van der Waals surface area contributed by atoms with E-state index in [2.05, 4.69) is 26.0 Å². The second-order valence-corrected chi connectivity index (χ2v) is 5.25. The number of aromatic nitrogens is 1. The summed E-state index contributed by atoms with van der Waals surface area (Å²) in [5, 5.41) is 4.01. The summed E-state index contributed by atoms with van der Waals surface area (Å²) in [6.45, 7) is 1.73. The Morgan fingerprint density at radius 1 is 1.48 bits per heavy atom. The van der Waals surface area contributed by atoms with Crippen LogP contribution in [0.5, 0.6) is 0 Å². The maximum absolute atomic E-state index is 13.5. The van der Waals surface area contributed by atoms with Gasteiger partial charge in [-0.1, -0.05) is 11.6 Å². The summed E-state index contributed by atoms with van der Waals surface area (Å²) in [5.41, 5.74) is 0. The van der Waals surface area contributed by atoms with Crippen LogP contribution in [0.3, 0.4) is 0 Å². The van der Waals surface area contributed by atoms with Crippen molar-refractivity contribution in [2.45, 2.75) is 19.4 Å². The molecule has 0 aliphatic carbocycles. The Balaban J connectivity index is 2.46. The zero-order valence-corrected chi connectivity index (χ0v) is 12.9. The first-order valence-electron chi connectivity index (χ1n) is 5.75. The fourth-order valence-electron chi connectivity index (χ4n) is 1.72. The minimum Gasteiger partial charge on any atom is -0.464 e. The molecular formula is C11H8BrClF3N3O2. The zero-order chi connectivity index (χ0) is 15.7. The average molecular weight is 387 g/mol. The van der Waals surface area contributed by atoms with E-state index >= 15 is 0 Å². The lowest BCUT2D eigenvalue weighted by Crippen LogP contribution is -2.36. The molecule has 1 aliphatic rings. The normalized spacial score (nSPS) is 17.9. The van der Waals surface area contributed by atoms with Crippen molar-refractivity contribution in [3.63, 3.8) is 0 Å². The summed E-state index contributed by atoms with van der Waals surface area (Å²) >= 11 is 8.70. The van der Waals surface area contributed by atoms with Crippen LogP contribution in [0.2, 0.25) is 5.02 Å². The third-order valence-corrected chi connectivity index (χ3v) is 3.43. The Hall–Kier alpha value is -1.35. The minimum absolute atomic E-state index is 0.109. The van der Waals surface area contributed by atoms with Crippen molar-refractivity contribution in [1.82, 2.24) is 4.98 Å². The maximum Gasteiger partial charge on any atom is 0.331 e. The third kappa shape index (κ3) is 2.98. The molecule has 0 bridgehead atoms. The molecule has 1 aromatic heterocycles. The number of esters is 1. The van der Waals surface area contributed by atoms with Crippen molar-refractivity contribution in [3.8, 4) is 0 Å². The molecule has 1 unspecified atom stereocenters. The molecule has 0 radical (unpaired) electrons. The fraction of sp³-hybridized carbons (Fsp3) is 0.364. The van der Waals surface area contributed by atoms with Gasteiger partial charge >= 0.3 is 5.97 Å². The van der Waals surface area contributed by atoms with Crippen LogP contribution in [0, 0.1) is 17.6 Å². The van der Waals surface area contributed by atoms with Crippen molar-refractivity contribution in [3.05, 3.63) is 22.6 Å². The summed E-state index contributed by atoms with van der Waals surface area (Å²) in [6.07, 6.45) is 0.109. The molecule has 0 spiro atoms. The smallest absolute Gasteiger partial charge is 0.331 e. The van der Waals surface area contributed by atoms with Crippen LogP contribution in [0.25, 0.3) is 0 Å². The molecule has 2 rings (SSSR count). The third-order valence-electron chi connectivity index (χ3n) is 2.62. The van der Waals surface area contributed by atoms with E-state index in [-0.39, 0.29) is 13.0 Å². The summed E-state index contributed by atoms with van der Waals surface area (Å²) in [5.74, 6) is -6.23. The molecule has 1 aromatic rings. The number of halogens is 5. The Morgan fingerprint density at radius 2 is 2.14 bits per heavy atom. The molecule has 0 amide bonds. The van der Waals surface area contributed by atoms with E-state index in [1.165, 1.54) is 0 Å². The van der Waals surface area contributed by atoms with Gasteiger partial charge in [-0.2, -0.15) is 18.9 Å². The SMILES string of the molecule is CCOC(=O)C1CC(Br)=NN1c1nc(F)c(F)c(F)c1Cl. The van der Waals surface area contributed by atoms with Gasteiger partial charge in [0, 0.05) is 6.42 Å².